The van der Waals surface area contributed by atoms with Gasteiger partial charge < -0.3 is 10.6 Å². The van der Waals surface area contributed by atoms with Crippen LogP contribution in [0.15, 0.2) is 47.4 Å². The fourth-order valence-electron chi connectivity index (χ4n) is 2.31. The molecule has 26 heavy (non-hydrogen) atoms. The molecule has 0 spiro atoms. The highest BCUT2D eigenvalue weighted by atomic mass is 35.5. The molecule has 2 aromatic rings. The summed E-state index contributed by atoms with van der Waals surface area (Å²) in [6, 6.07) is 10.7. The van der Waals surface area contributed by atoms with Gasteiger partial charge in [-0.1, -0.05) is 11.6 Å². The number of hydrogen-bond donors (Lipinski definition) is 2. The monoisotopic (exact) mass is 392 g/mol. The summed E-state index contributed by atoms with van der Waals surface area (Å²) < 4.78 is 23.3. The van der Waals surface area contributed by atoms with Gasteiger partial charge in [0.25, 0.3) is 11.8 Å². The van der Waals surface area contributed by atoms with Crippen molar-refractivity contribution in [3.63, 3.8) is 0 Å². The van der Waals surface area contributed by atoms with Crippen LogP contribution < -0.4 is 10.6 Å². The van der Waals surface area contributed by atoms with Crippen LogP contribution in [0.2, 0.25) is 5.02 Å². The Morgan fingerprint density at radius 1 is 1.04 bits per heavy atom. The van der Waals surface area contributed by atoms with Crippen molar-refractivity contribution in [3.8, 4) is 0 Å². The Morgan fingerprint density at radius 2 is 1.69 bits per heavy atom. The number of hydrogen-bond acceptors (Lipinski definition) is 4. The van der Waals surface area contributed by atoms with E-state index >= 15 is 0 Å². The molecule has 0 atom stereocenters. The lowest BCUT2D eigenvalue weighted by Gasteiger charge is -2.09. The maximum absolute atomic E-state index is 12.4. The molecule has 0 bridgehead atoms. The molecule has 0 heterocycles. The summed E-state index contributed by atoms with van der Waals surface area (Å²) >= 11 is 6.02. The van der Waals surface area contributed by atoms with Gasteiger partial charge in [0.05, 0.1) is 15.5 Å². The standard InChI is InChI=1S/C18H17ClN2O4S/c1-26(24,25)14-8-9-16(19)15(10-14)18(23)21-12-4-2-11(3-5-12)17(22)20-13-6-7-13/h2-5,8-10,13H,6-7H2,1H3,(H,20,22)(H,21,23). The second kappa shape index (κ2) is 7.09. The second-order valence-corrected chi connectivity index (χ2v) is 8.62. The lowest BCUT2D eigenvalue weighted by molar-refractivity contribution is 0.0950. The maximum Gasteiger partial charge on any atom is 0.257 e. The molecule has 1 saturated carbocycles. The highest BCUT2D eigenvalue weighted by molar-refractivity contribution is 7.90. The van der Waals surface area contributed by atoms with E-state index in [1.807, 2.05) is 0 Å². The number of sulfone groups is 1. The van der Waals surface area contributed by atoms with Gasteiger partial charge in [-0.25, -0.2) is 8.42 Å². The van der Waals surface area contributed by atoms with E-state index in [0.29, 0.717) is 11.3 Å². The van der Waals surface area contributed by atoms with Gasteiger partial charge in [-0.3, -0.25) is 9.59 Å². The molecular formula is C18H17ClN2O4S. The average Bonchev–Trinajstić information content (AvgIpc) is 3.38. The summed E-state index contributed by atoms with van der Waals surface area (Å²) in [4.78, 5) is 24.4. The number of anilines is 1. The zero-order chi connectivity index (χ0) is 18.9. The van der Waals surface area contributed by atoms with Crippen LogP contribution in [0.1, 0.15) is 33.6 Å². The van der Waals surface area contributed by atoms with Gasteiger partial charge in [0.2, 0.25) is 0 Å². The number of rotatable bonds is 5. The molecule has 8 heteroatoms. The molecule has 0 aromatic heterocycles. The van der Waals surface area contributed by atoms with Crippen LogP contribution in [0.4, 0.5) is 5.69 Å². The molecular weight excluding hydrogens is 376 g/mol. The molecule has 1 aliphatic rings. The molecule has 0 saturated heterocycles. The fraction of sp³-hybridized carbons (Fsp3) is 0.222. The van der Waals surface area contributed by atoms with Gasteiger partial charge in [0.15, 0.2) is 9.84 Å². The molecule has 2 amide bonds. The Labute approximate surface area is 156 Å². The highest BCUT2D eigenvalue weighted by Crippen LogP contribution is 2.22. The number of amides is 2. The van der Waals surface area contributed by atoms with Gasteiger partial charge in [-0.2, -0.15) is 0 Å². The van der Waals surface area contributed by atoms with Crippen LogP contribution in [0, 0.1) is 0 Å². The molecule has 0 unspecified atom stereocenters. The summed E-state index contributed by atoms with van der Waals surface area (Å²) in [6.45, 7) is 0. The summed E-state index contributed by atoms with van der Waals surface area (Å²) in [7, 11) is -3.45. The number of carbonyl (C=O) groups excluding carboxylic acids is 2. The third-order valence-corrected chi connectivity index (χ3v) is 5.37. The van der Waals surface area contributed by atoms with Gasteiger partial charge in [-0.05, 0) is 55.3 Å². The molecule has 2 aromatic carbocycles. The molecule has 0 radical (unpaired) electrons. The largest absolute Gasteiger partial charge is 0.349 e. The van der Waals surface area contributed by atoms with E-state index in [-0.39, 0.29) is 27.4 Å². The summed E-state index contributed by atoms with van der Waals surface area (Å²) in [5.41, 5.74) is 1.04. The van der Waals surface area contributed by atoms with Crippen molar-refractivity contribution in [1.82, 2.24) is 5.32 Å². The van der Waals surface area contributed by atoms with E-state index in [4.69, 9.17) is 11.6 Å². The number of nitrogens with one attached hydrogen (secondary N) is 2. The zero-order valence-electron chi connectivity index (χ0n) is 14.0. The first-order chi connectivity index (χ1) is 12.2. The first kappa shape index (κ1) is 18.4. The van der Waals surface area contributed by atoms with Crippen molar-refractivity contribution in [2.75, 3.05) is 11.6 Å². The average molecular weight is 393 g/mol. The Balaban J connectivity index is 1.74. The first-order valence-corrected chi connectivity index (χ1v) is 10.2. The van der Waals surface area contributed by atoms with Crippen molar-refractivity contribution < 1.29 is 18.0 Å². The molecule has 1 fully saturated rings. The Bertz CT molecular complexity index is 967. The molecule has 0 aliphatic heterocycles. The third kappa shape index (κ3) is 4.42. The van der Waals surface area contributed by atoms with Gasteiger partial charge >= 0.3 is 0 Å². The van der Waals surface area contributed by atoms with Crippen LogP contribution in [0.25, 0.3) is 0 Å². The van der Waals surface area contributed by atoms with E-state index in [9.17, 15) is 18.0 Å². The Morgan fingerprint density at radius 3 is 2.27 bits per heavy atom. The van der Waals surface area contributed by atoms with Gasteiger partial charge in [0.1, 0.15) is 0 Å². The smallest absolute Gasteiger partial charge is 0.257 e. The molecule has 6 nitrogen and oxygen atoms in total. The van der Waals surface area contributed by atoms with Crippen molar-refractivity contribution in [2.24, 2.45) is 0 Å². The molecule has 1 aliphatic carbocycles. The van der Waals surface area contributed by atoms with Crippen LogP contribution in [0.5, 0.6) is 0 Å². The van der Waals surface area contributed by atoms with Crippen LogP contribution in [-0.4, -0.2) is 32.5 Å². The zero-order valence-corrected chi connectivity index (χ0v) is 15.5. The van der Waals surface area contributed by atoms with E-state index < -0.39 is 15.7 Å². The van der Waals surface area contributed by atoms with Crippen molar-refractivity contribution >= 4 is 38.9 Å². The Kier molecular flexibility index (Phi) is 5.02. The van der Waals surface area contributed by atoms with Crippen molar-refractivity contribution in [1.29, 1.82) is 0 Å². The maximum atomic E-state index is 12.4. The number of benzene rings is 2. The summed E-state index contributed by atoms with van der Waals surface area (Å²) in [5, 5.41) is 5.68. The van der Waals surface area contributed by atoms with Crippen molar-refractivity contribution in [3.05, 3.63) is 58.6 Å². The van der Waals surface area contributed by atoms with E-state index in [0.717, 1.165) is 19.1 Å². The molecule has 136 valence electrons. The third-order valence-electron chi connectivity index (χ3n) is 3.93. The minimum absolute atomic E-state index is 0.0131. The number of halogens is 1. The topological polar surface area (TPSA) is 92.3 Å². The molecule has 3 rings (SSSR count). The van der Waals surface area contributed by atoms with E-state index in [2.05, 4.69) is 10.6 Å². The van der Waals surface area contributed by atoms with Gasteiger partial charge in [-0.15, -0.1) is 0 Å². The number of carbonyl (C=O) groups is 2. The predicted octanol–water partition coefficient (Wildman–Crippen LogP) is 2.89. The summed E-state index contributed by atoms with van der Waals surface area (Å²) in [5.74, 6) is -0.676. The van der Waals surface area contributed by atoms with Crippen LogP contribution in [-0.2, 0) is 9.84 Å². The quantitative estimate of drug-likeness (QED) is 0.818. The van der Waals surface area contributed by atoms with Crippen LogP contribution in [0.3, 0.4) is 0 Å². The SMILES string of the molecule is CS(=O)(=O)c1ccc(Cl)c(C(=O)Nc2ccc(C(=O)NC3CC3)cc2)c1. The summed E-state index contributed by atoms with van der Waals surface area (Å²) in [6.07, 6.45) is 3.07. The Hall–Kier alpha value is -2.38. The fourth-order valence-corrected chi connectivity index (χ4v) is 3.16. The normalized spacial score (nSPS) is 13.9. The lowest BCUT2D eigenvalue weighted by Crippen LogP contribution is -2.25. The minimum atomic E-state index is -3.45. The van der Waals surface area contributed by atoms with Crippen molar-refractivity contribution in [2.45, 2.75) is 23.8 Å². The van der Waals surface area contributed by atoms with Crippen LogP contribution >= 0.6 is 11.6 Å². The minimum Gasteiger partial charge on any atom is -0.349 e. The highest BCUT2D eigenvalue weighted by Gasteiger charge is 2.23. The first-order valence-electron chi connectivity index (χ1n) is 7.96. The van der Waals surface area contributed by atoms with E-state index in [1.165, 1.54) is 18.2 Å². The lowest BCUT2D eigenvalue weighted by atomic mass is 10.1. The second-order valence-electron chi connectivity index (χ2n) is 6.19. The van der Waals surface area contributed by atoms with Gasteiger partial charge in [0, 0.05) is 23.5 Å². The predicted molar refractivity (Wildman–Crippen MR) is 99.4 cm³/mol. The molecule has 2 N–H and O–H groups in total. The van der Waals surface area contributed by atoms with E-state index in [1.54, 1.807) is 24.3 Å².